The highest BCUT2D eigenvalue weighted by Gasteiger charge is 2.17. The molecule has 0 aromatic heterocycles. The molecule has 1 aromatic carbocycles. The molecule has 0 aliphatic carbocycles. The molecule has 1 rings (SSSR count). The third-order valence-electron chi connectivity index (χ3n) is 3.44. The highest BCUT2D eigenvalue weighted by Crippen LogP contribution is 2.22. The molecular formula is C16H27NO. The number of nitrogens with two attached hydrogens (primary N) is 1. The monoisotopic (exact) mass is 249 g/mol. The normalized spacial score (nSPS) is 15.1. The Labute approximate surface area is 111 Å². The molecule has 0 saturated heterocycles. The fourth-order valence-electron chi connectivity index (χ4n) is 2.01. The molecule has 0 spiro atoms. The van der Waals surface area contributed by atoms with Crippen LogP contribution in [0.4, 0.5) is 0 Å². The smallest absolute Gasteiger partial charge is 0.0732 e. The molecule has 2 nitrogen and oxygen atoms in total. The lowest BCUT2D eigenvalue weighted by atomic mass is 9.94. The van der Waals surface area contributed by atoms with Crippen molar-refractivity contribution in [3.05, 3.63) is 35.4 Å². The van der Waals surface area contributed by atoms with Crippen molar-refractivity contribution in [2.75, 3.05) is 0 Å². The van der Waals surface area contributed by atoms with Crippen LogP contribution in [0.25, 0.3) is 0 Å². The summed E-state index contributed by atoms with van der Waals surface area (Å²) in [4.78, 5) is 0. The molecule has 0 saturated carbocycles. The molecule has 2 heteroatoms. The van der Waals surface area contributed by atoms with Gasteiger partial charge in [-0.25, -0.2) is 0 Å². The minimum atomic E-state index is -0.447. The van der Waals surface area contributed by atoms with Crippen LogP contribution in [0.2, 0.25) is 0 Å². The fraction of sp³-hybridized carbons (Fsp3) is 0.625. The molecule has 0 fully saturated rings. The van der Waals surface area contributed by atoms with Crippen LogP contribution in [0.1, 0.15) is 63.6 Å². The second-order valence-corrected chi connectivity index (χ2v) is 5.89. The lowest BCUT2D eigenvalue weighted by molar-refractivity contribution is 0.128. The van der Waals surface area contributed by atoms with Gasteiger partial charge in [-0.1, -0.05) is 52.0 Å². The predicted molar refractivity (Wildman–Crippen MR) is 77.5 cm³/mol. The van der Waals surface area contributed by atoms with E-state index >= 15 is 0 Å². The van der Waals surface area contributed by atoms with Gasteiger partial charge in [0.05, 0.1) is 12.1 Å². The van der Waals surface area contributed by atoms with Gasteiger partial charge in [0.25, 0.3) is 0 Å². The van der Waals surface area contributed by atoms with E-state index in [4.69, 9.17) is 5.73 Å². The average molecular weight is 249 g/mol. The van der Waals surface area contributed by atoms with E-state index in [0.29, 0.717) is 11.8 Å². The largest absolute Gasteiger partial charge is 0.391 e. The molecule has 0 aliphatic rings. The first-order valence-electron chi connectivity index (χ1n) is 6.95. The van der Waals surface area contributed by atoms with Crippen LogP contribution in [0.5, 0.6) is 0 Å². The van der Waals surface area contributed by atoms with Crippen LogP contribution >= 0.6 is 0 Å². The maximum atomic E-state index is 10.1. The van der Waals surface area contributed by atoms with Gasteiger partial charge in [0.1, 0.15) is 0 Å². The molecular weight excluding hydrogens is 222 g/mol. The van der Waals surface area contributed by atoms with Crippen molar-refractivity contribution in [2.45, 2.75) is 58.6 Å². The van der Waals surface area contributed by atoms with E-state index in [2.05, 4.69) is 39.8 Å². The molecule has 102 valence electrons. The van der Waals surface area contributed by atoms with E-state index in [0.717, 1.165) is 18.4 Å². The van der Waals surface area contributed by atoms with Crippen molar-refractivity contribution < 1.29 is 5.11 Å². The zero-order valence-corrected chi connectivity index (χ0v) is 12.1. The first-order valence-corrected chi connectivity index (χ1v) is 6.95. The van der Waals surface area contributed by atoms with Crippen molar-refractivity contribution in [2.24, 2.45) is 11.7 Å². The lowest BCUT2D eigenvalue weighted by Gasteiger charge is -2.20. The molecule has 18 heavy (non-hydrogen) atoms. The van der Waals surface area contributed by atoms with Crippen molar-refractivity contribution in [3.8, 4) is 0 Å². The van der Waals surface area contributed by atoms with Crippen molar-refractivity contribution in [3.63, 3.8) is 0 Å². The summed E-state index contributed by atoms with van der Waals surface area (Å²) >= 11 is 0. The highest BCUT2D eigenvalue weighted by molar-refractivity contribution is 5.27. The Morgan fingerprint density at radius 1 is 0.944 bits per heavy atom. The van der Waals surface area contributed by atoms with Gasteiger partial charge < -0.3 is 10.8 Å². The fourth-order valence-corrected chi connectivity index (χ4v) is 2.01. The number of benzene rings is 1. The topological polar surface area (TPSA) is 46.2 Å². The van der Waals surface area contributed by atoms with Crippen LogP contribution in [0, 0.1) is 5.92 Å². The molecule has 0 heterocycles. The van der Waals surface area contributed by atoms with Gasteiger partial charge in [0, 0.05) is 0 Å². The maximum absolute atomic E-state index is 10.1. The van der Waals surface area contributed by atoms with Gasteiger partial charge in [-0.2, -0.15) is 0 Å². The Bertz CT molecular complexity index is 343. The summed E-state index contributed by atoms with van der Waals surface area (Å²) < 4.78 is 0. The third kappa shape index (κ3) is 4.43. The average Bonchev–Trinajstić information content (AvgIpc) is 2.35. The van der Waals surface area contributed by atoms with Gasteiger partial charge in [0.15, 0.2) is 0 Å². The van der Waals surface area contributed by atoms with E-state index in [9.17, 15) is 5.11 Å². The summed E-state index contributed by atoms with van der Waals surface area (Å²) in [6.07, 6.45) is 1.33. The summed E-state index contributed by atoms with van der Waals surface area (Å²) in [7, 11) is 0. The maximum Gasteiger partial charge on any atom is 0.0732 e. The van der Waals surface area contributed by atoms with Gasteiger partial charge in [-0.15, -0.1) is 0 Å². The Balaban J connectivity index is 2.62. The zero-order valence-electron chi connectivity index (χ0n) is 12.1. The third-order valence-corrected chi connectivity index (χ3v) is 3.44. The van der Waals surface area contributed by atoms with Crippen LogP contribution in [0.15, 0.2) is 24.3 Å². The summed E-state index contributed by atoms with van der Waals surface area (Å²) in [5, 5.41) is 10.1. The Morgan fingerprint density at radius 2 is 1.44 bits per heavy atom. The van der Waals surface area contributed by atoms with Crippen LogP contribution < -0.4 is 5.73 Å². The van der Waals surface area contributed by atoms with E-state index in [1.54, 1.807) is 0 Å². The van der Waals surface area contributed by atoms with E-state index in [-0.39, 0.29) is 6.04 Å². The van der Waals surface area contributed by atoms with Gasteiger partial charge in [-0.05, 0) is 35.8 Å². The molecule has 0 unspecified atom stereocenters. The van der Waals surface area contributed by atoms with Gasteiger partial charge in [0.2, 0.25) is 0 Å². The molecule has 2 atom stereocenters. The summed E-state index contributed by atoms with van der Waals surface area (Å²) in [6, 6.07) is 8.02. The molecule has 0 radical (unpaired) electrons. The Hall–Kier alpha value is -0.860. The van der Waals surface area contributed by atoms with Crippen LogP contribution in [0.3, 0.4) is 0 Å². The van der Waals surface area contributed by atoms with Gasteiger partial charge in [-0.3, -0.25) is 0 Å². The number of hydrogen-bond acceptors (Lipinski definition) is 2. The second-order valence-electron chi connectivity index (χ2n) is 5.89. The Morgan fingerprint density at radius 3 is 1.89 bits per heavy atom. The van der Waals surface area contributed by atoms with Crippen molar-refractivity contribution in [1.29, 1.82) is 0 Å². The summed E-state index contributed by atoms with van der Waals surface area (Å²) in [6.45, 7) is 8.67. The number of hydrogen-bond donors (Lipinski definition) is 2. The van der Waals surface area contributed by atoms with Crippen molar-refractivity contribution in [1.82, 2.24) is 0 Å². The number of rotatable bonds is 6. The van der Waals surface area contributed by atoms with E-state index < -0.39 is 6.10 Å². The molecule has 1 aromatic rings. The highest BCUT2D eigenvalue weighted by atomic mass is 16.3. The first kappa shape index (κ1) is 15.2. The molecule has 3 N–H and O–H groups in total. The standard InChI is InChI=1S/C16H27NO/c1-11(2)5-10-15(18)16(17)14-8-6-13(7-9-14)12(3)4/h6-9,11-12,15-16,18H,5,10,17H2,1-4H3/t15-,16+/m0/s1. The minimum absolute atomic E-state index is 0.273. The summed E-state index contributed by atoms with van der Waals surface area (Å²) in [5.74, 6) is 1.14. The van der Waals surface area contributed by atoms with Crippen LogP contribution in [-0.4, -0.2) is 11.2 Å². The molecule has 0 aliphatic heterocycles. The second kappa shape index (κ2) is 6.91. The van der Waals surface area contributed by atoms with Crippen LogP contribution in [-0.2, 0) is 0 Å². The zero-order chi connectivity index (χ0) is 13.7. The van der Waals surface area contributed by atoms with Gasteiger partial charge >= 0.3 is 0 Å². The van der Waals surface area contributed by atoms with E-state index in [1.807, 2.05) is 12.1 Å². The minimum Gasteiger partial charge on any atom is -0.391 e. The number of aliphatic hydroxyl groups is 1. The molecule has 0 amide bonds. The SMILES string of the molecule is CC(C)CC[C@H](O)[C@H](N)c1ccc(C(C)C)cc1. The number of aliphatic hydroxyl groups excluding tert-OH is 1. The molecule has 0 bridgehead atoms. The lowest BCUT2D eigenvalue weighted by Crippen LogP contribution is -2.26. The quantitative estimate of drug-likeness (QED) is 0.809. The van der Waals surface area contributed by atoms with E-state index in [1.165, 1.54) is 5.56 Å². The summed E-state index contributed by atoms with van der Waals surface area (Å²) in [5.41, 5.74) is 8.43. The first-order chi connectivity index (χ1) is 8.41. The Kier molecular flexibility index (Phi) is 5.83. The predicted octanol–water partition coefficient (Wildman–Crippen LogP) is 3.61. The van der Waals surface area contributed by atoms with Crippen molar-refractivity contribution >= 4 is 0 Å².